The zero-order chi connectivity index (χ0) is 17.6. The molecule has 1 aliphatic heterocycles. The van der Waals surface area contributed by atoms with Gasteiger partial charge in [-0.25, -0.2) is 0 Å². The first-order chi connectivity index (χ1) is 12.8. The van der Waals surface area contributed by atoms with Crippen molar-refractivity contribution in [2.45, 2.75) is 63.7 Å². The second kappa shape index (κ2) is 6.28. The van der Waals surface area contributed by atoms with Crippen LogP contribution in [0, 0.1) is 0 Å². The number of para-hydroxylation sites is 1. The highest BCUT2D eigenvalue weighted by molar-refractivity contribution is 5.84. The molecule has 2 fully saturated rings. The van der Waals surface area contributed by atoms with E-state index in [1.165, 1.54) is 53.3 Å². The summed E-state index contributed by atoms with van der Waals surface area (Å²) in [7, 11) is 0. The molecule has 134 valence electrons. The SMILES string of the molecule is CCc1ccc(Cc2cn(C3CCCC4(CC4)O3)c3ccccc23)cc1. The maximum atomic E-state index is 6.54. The molecule has 3 aromatic rings. The van der Waals surface area contributed by atoms with E-state index in [0.29, 0.717) is 0 Å². The Kier molecular flexibility index (Phi) is 3.90. The molecule has 26 heavy (non-hydrogen) atoms. The van der Waals surface area contributed by atoms with E-state index >= 15 is 0 Å². The van der Waals surface area contributed by atoms with Crippen LogP contribution in [0.25, 0.3) is 10.9 Å². The maximum Gasteiger partial charge on any atom is 0.134 e. The normalized spacial score (nSPS) is 21.3. The monoisotopic (exact) mass is 345 g/mol. The van der Waals surface area contributed by atoms with Gasteiger partial charge in [-0.2, -0.15) is 0 Å². The van der Waals surface area contributed by atoms with Crippen LogP contribution >= 0.6 is 0 Å². The van der Waals surface area contributed by atoms with Gasteiger partial charge in [0.15, 0.2) is 0 Å². The van der Waals surface area contributed by atoms with Gasteiger partial charge in [0.1, 0.15) is 6.23 Å². The van der Waals surface area contributed by atoms with E-state index in [1.54, 1.807) is 0 Å². The van der Waals surface area contributed by atoms with Crippen LogP contribution in [0.3, 0.4) is 0 Å². The van der Waals surface area contributed by atoms with Crippen LogP contribution in [0.1, 0.15) is 61.9 Å². The molecule has 1 atom stereocenters. The molecule has 0 radical (unpaired) electrons. The van der Waals surface area contributed by atoms with Gasteiger partial charge in [0, 0.05) is 11.6 Å². The molecule has 2 aromatic carbocycles. The summed E-state index contributed by atoms with van der Waals surface area (Å²) in [5.74, 6) is 0. The van der Waals surface area contributed by atoms with Gasteiger partial charge in [-0.1, -0.05) is 49.4 Å². The number of nitrogens with zero attached hydrogens (tertiary/aromatic N) is 1. The Morgan fingerprint density at radius 1 is 1.00 bits per heavy atom. The van der Waals surface area contributed by atoms with Crippen LogP contribution in [0.4, 0.5) is 0 Å². The minimum atomic E-state index is 0.201. The van der Waals surface area contributed by atoms with E-state index in [0.717, 1.165) is 19.3 Å². The molecule has 2 aliphatic rings. The van der Waals surface area contributed by atoms with Crippen molar-refractivity contribution < 1.29 is 4.74 Å². The molecule has 1 saturated heterocycles. The standard InChI is InChI=1S/C24H27NO/c1-2-18-9-11-19(12-10-18)16-20-17-25(22-7-4-3-6-21(20)22)23-8-5-13-24(26-23)14-15-24/h3-4,6-7,9-12,17,23H,2,5,8,13-16H2,1H3. The van der Waals surface area contributed by atoms with E-state index in [-0.39, 0.29) is 11.8 Å². The average Bonchev–Trinajstić information content (AvgIpc) is 3.33. The predicted molar refractivity (Wildman–Crippen MR) is 107 cm³/mol. The molecule has 2 heteroatoms. The molecular formula is C24H27NO. The number of rotatable bonds is 4. The van der Waals surface area contributed by atoms with Gasteiger partial charge in [-0.05, 0) is 67.7 Å². The number of benzene rings is 2. The highest BCUT2D eigenvalue weighted by atomic mass is 16.5. The predicted octanol–water partition coefficient (Wildman–Crippen LogP) is 6.03. The summed E-state index contributed by atoms with van der Waals surface area (Å²) in [6.45, 7) is 2.21. The highest BCUT2D eigenvalue weighted by Gasteiger charge is 2.47. The zero-order valence-electron chi connectivity index (χ0n) is 15.6. The Balaban J connectivity index is 1.49. The fourth-order valence-corrected chi connectivity index (χ4v) is 4.48. The Morgan fingerprint density at radius 3 is 2.54 bits per heavy atom. The van der Waals surface area contributed by atoms with Gasteiger partial charge in [-0.15, -0.1) is 0 Å². The first kappa shape index (κ1) is 16.1. The minimum Gasteiger partial charge on any atom is -0.352 e. The number of ether oxygens (including phenoxy) is 1. The third-order valence-corrected chi connectivity index (χ3v) is 6.24. The lowest BCUT2D eigenvalue weighted by Gasteiger charge is -2.31. The van der Waals surface area contributed by atoms with Gasteiger partial charge < -0.3 is 9.30 Å². The lowest BCUT2D eigenvalue weighted by molar-refractivity contribution is -0.103. The van der Waals surface area contributed by atoms with E-state index < -0.39 is 0 Å². The molecule has 0 amide bonds. The van der Waals surface area contributed by atoms with Crippen molar-refractivity contribution >= 4 is 10.9 Å². The van der Waals surface area contributed by atoms with Crippen molar-refractivity contribution in [1.82, 2.24) is 4.57 Å². The van der Waals surface area contributed by atoms with Gasteiger partial charge >= 0.3 is 0 Å². The fraction of sp³-hybridized carbons (Fsp3) is 0.417. The quantitative estimate of drug-likeness (QED) is 0.563. The van der Waals surface area contributed by atoms with Crippen LogP contribution in [0.2, 0.25) is 0 Å². The largest absolute Gasteiger partial charge is 0.352 e. The molecule has 1 unspecified atom stereocenters. The first-order valence-corrected chi connectivity index (χ1v) is 10.1. The summed E-state index contributed by atoms with van der Waals surface area (Å²) in [5, 5.41) is 1.37. The summed E-state index contributed by atoms with van der Waals surface area (Å²) in [5.41, 5.74) is 5.72. The molecule has 1 aromatic heterocycles. The van der Waals surface area contributed by atoms with Crippen LogP contribution in [-0.4, -0.2) is 10.2 Å². The van der Waals surface area contributed by atoms with Gasteiger partial charge in [0.2, 0.25) is 0 Å². The van der Waals surface area contributed by atoms with Crippen LogP contribution in [0.15, 0.2) is 54.7 Å². The Hall–Kier alpha value is -2.06. The van der Waals surface area contributed by atoms with Crippen LogP contribution < -0.4 is 0 Å². The van der Waals surface area contributed by atoms with Crippen molar-refractivity contribution in [3.05, 3.63) is 71.4 Å². The van der Waals surface area contributed by atoms with Crippen molar-refractivity contribution in [2.75, 3.05) is 0 Å². The third-order valence-electron chi connectivity index (χ3n) is 6.24. The minimum absolute atomic E-state index is 0.201. The van der Waals surface area contributed by atoms with E-state index in [4.69, 9.17) is 4.74 Å². The first-order valence-electron chi connectivity index (χ1n) is 10.1. The van der Waals surface area contributed by atoms with Gasteiger partial charge in [0.05, 0.1) is 11.1 Å². The number of aryl methyl sites for hydroxylation is 1. The summed E-state index contributed by atoms with van der Waals surface area (Å²) in [6.07, 6.45) is 10.8. The topological polar surface area (TPSA) is 14.2 Å². The molecule has 1 spiro atoms. The second-order valence-electron chi connectivity index (χ2n) is 8.07. The average molecular weight is 345 g/mol. The number of aromatic nitrogens is 1. The summed E-state index contributed by atoms with van der Waals surface area (Å²) in [6, 6.07) is 17.9. The van der Waals surface area contributed by atoms with Crippen molar-refractivity contribution in [3.63, 3.8) is 0 Å². The lowest BCUT2D eigenvalue weighted by Crippen LogP contribution is -2.27. The van der Waals surface area contributed by atoms with Crippen LogP contribution in [-0.2, 0) is 17.6 Å². The Morgan fingerprint density at radius 2 is 1.77 bits per heavy atom. The zero-order valence-corrected chi connectivity index (χ0v) is 15.6. The lowest BCUT2D eigenvalue weighted by atomic mass is 10.0. The molecular weight excluding hydrogens is 318 g/mol. The van der Waals surface area contributed by atoms with Gasteiger partial charge in [-0.3, -0.25) is 0 Å². The second-order valence-corrected chi connectivity index (χ2v) is 8.07. The maximum absolute atomic E-state index is 6.54. The molecule has 2 nitrogen and oxygen atoms in total. The molecule has 1 saturated carbocycles. The fourth-order valence-electron chi connectivity index (χ4n) is 4.48. The smallest absolute Gasteiger partial charge is 0.134 e. The van der Waals surface area contributed by atoms with Gasteiger partial charge in [0.25, 0.3) is 0 Å². The Labute approximate surface area is 155 Å². The molecule has 0 bridgehead atoms. The number of hydrogen-bond donors (Lipinski definition) is 0. The molecule has 1 aliphatic carbocycles. The van der Waals surface area contributed by atoms with Crippen molar-refractivity contribution in [3.8, 4) is 0 Å². The van der Waals surface area contributed by atoms with Crippen molar-refractivity contribution in [2.24, 2.45) is 0 Å². The molecule has 2 heterocycles. The Bertz CT molecular complexity index is 917. The number of fused-ring (bicyclic) bond motifs is 1. The molecule has 0 N–H and O–H groups in total. The van der Waals surface area contributed by atoms with E-state index in [1.807, 2.05) is 0 Å². The highest BCUT2D eigenvalue weighted by Crippen LogP contribution is 2.50. The third kappa shape index (κ3) is 2.87. The summed E-state index contributed by atoms with van der Waals surface area (Å²) < 4.78 is 8.94. The number of hydrogen-bond acceptors (Lipinski definition) is 1. The van der Waals surface area contributed by atoms with Crippen molar-refractivity contribution in [1.29, 1.82) is 0 Å². The van der Waals surface area contributed by atoms with E-state index in [9.17, 15) is 0 Å². The van der Waals surface area contributed by atoms with Crippen LogP contribution in [0.5, 0.6) is 0 Å². The summed E-state index contributed by atoms with van der Waals surface area (Å²) >= 11 is 0. The van der Waals surface area contributed by atoms with E-state index in [2.05, 4.69) is 66.2 Å². The molecule has 5 rings (SSSR count). The summed E-state index contributed by atoms with van der Waals surface area (Å²) in [4.78, 5) is 0.